The summed E-state index contributed by atoms with van der Waals surface area (Å²) < 4.78 is 0.885. The minimum atomic E-state index is -1.13. The summed E-state index contributed by atoms with van der Waals surface area (Å²) >= 11 is 2.09. The molecule has 1 saturated heterocycles. The van der Waals surface area contributed by atoms with Crippen molar-refractivity contribution in [3.8, 4) is 0 Å². The van der Waals surface area contributed by atoms with Crippen molar-refractivity contribution in [3.63, 3.8) is 0 Å². The molecule has 0 aliphatic carbocycles. The summed E-state index contributed by atoms with van der Waals surface area (Å²) in [5.41, 5.74) is 1.50. The van der Waals surface area contributed by atoms with Gasteiger partial charge in [0, 0.05) is 23.1 Å². The molecule has 27 heavy (non-hydrogen) atoms. The van der Waals surface area contributed by atoms with Crippen LogP contribution >= 0.6 is 22.6 Å². The molecule has 0 saturated carbocycles. The van der Waals surface area contributed by atoms with Gasteiger partial charge < -0.3 is 15.3 Å². The number of likely N-dealkylation sites (tertiary alicyclic amines) is 1. The highest BCUT2D eigenvalue weighted by molar-refractivity contribution is 14.1. The molecule has 0 aromatic heterocycles. The lowest BCUT2D eigenvalue weighted by Gasteiger charge is -2.19. The van der Waals surface area contributed by atoms with Crippen molar-refractivity contribution in [3.05, 3.63) is 69.3 Å². The fraction of sp³-hybridized carbons (Fsp3) is 0.250. The van der Waals surface area contributed by atoms with Crippen molar-refractivity contribution in [1.82, 2.24) is 10.2 Å². The molecule has 7 heteroatoms. The molecule has 140 valence electrons. The second-order valence-electron chi connectivity index (χ2n) is 6.50. The number of halogens is 1. The van der Waals surface area contributed by atoms with Crippen LogP contribution in [-0.4, -0.2) is 34.3 Å². The third-order valence-corrected chi connectivity index (χ3v) is 5.19. The number of carbonyl (C=O) groups is 3. The average Bonchev–Trinajstić information content (AvgIpc) is 3.01. The summed E-state index contributed by atoms with van der Waals surface area (Å²) in [7, 11) is 0. The second-order valence-corrected chi connectivity index (χ2v) is 7.74. The molecule has 2 unspecified atom stereocenters. The molecule has 0 bridgehead atoms. The van der Waals surface area contributed by atoms with E-state index in [1.165, 1.54) is 0 Å². The highest BCUT2D eigenvalue weighted by atomic mass is 127. The van der Waals surface area contributed by atoms with Gasteiger partial charge in [-0.25, -0.2) is 4.79 Å². The largest absolute Gasteiger partial charge is 0.479 e. The first kappa shape index (κ1) is 19.3. The van der Waals surface area contributed by atoms with Gasteiger partial charge >= 0.3 is 5.97 Å². The zero-order valence-electron chi connectivity index (χ0n) is 14.5. The van der Waals surface area contributed by atoms with Gasteiger partial charge in [-0.15, -0.1) is 0 Å². The van der Waals surface area contributed by atoms with Gasteiger partial charge in [0.05, 0.1) is 5.92 Å². The number of carbonyl (C=O) groups excluding carboxylic acids is 2. The predicted molar refractivity (Wildman–Crippen MR) is 108 cm³/mol. The number of nitrogens with zero attached hydrogens (tertiary/aromatic N) is 1. The third kappa shape index (κ3) is 4.85. The molecule has 2 N–H and O–H groups in total. The van der Waals surface area contributed by atoms with Gasteiger partial charge in [-0.2, -0.15) is 0 Å². The van der Waals surface area contributed by atoms with Crippen LogP contribution in [0.2, 0.25) is 0 Å². The van der Waals surface area contributed by atoms with Crippen LogP contribution in [0.4, 0.5) is 0 Å². The number of benzene rings is 2. The summed E-state index contributed by atoms with van der Waals surface area (Å²) in [4.78, 5) is 38.1. The Morgan fingerprint density at radius 1 is 1.19 bits per heavy atom. The lowest BCUT2D eigenvalue weighted by Crippen LogP contribution is -2.38. The van der Waals surface area contributed by atoms with Crippen LogP contribution in [-0.2, 0) is 20.9 Å². The van der Waals surface area contributed by atoms with Crippen molar-refractivity contribution >= 4 is 40.4 Å². The van der Waals surface area contributed by atoms with Gasteiger partial charge in [0.1, 0.15) is 0 Å². The fourth-order valence-electron chi connectivity index (χ4n) is 3.14. The Balaban J connectivity index is 1.66. The minimum absolute atomic E-state index is 0.0946. The summed E-state index contributed by atoms with van der Waals surface area (Å²) in [5, 5.41) is 12.1. The molecule has 2 amide bonds. The molecular formula is C20H19IN2O4. The zero-order valence-corrected chi connectivity index (χ0v) is 16.6. The highest BCUT2D eigenvalue weighted by Crippen LogP contribution is 2.23. The van der Waals surface area contributed by atoms with Crippen LogP contribution in [0.3, 0.4) is 0 Å². The maximum Gasteiger partial charge on any atom is 0.330 e. The SMILES string of the molecule is O=C(NC(C(=O)O)c1cccc(I)c1)C1CC(=O)N(Cc2ccccc2)C1. The van der Waals surface area contributed by atoms with Gasteiger partial charge in [-0.3, -0.25) is 9.59 Å². The summed E-state index contributed by atoms with van der Waals surface area (Å²) in [6, 6.07) is 15.4. The number of aliphatic carboxylic acids is 1. The Morgan fingerprint density at radius 2 is 1.93 bits per heavy atom. The number of carboxylic acid groups (broad SMARTS) is 1. The molecule has 0 spiro atoms. The first-order chi connectivity index (χ1) is 12.9. The van der Waals surface area contributed by atoms with Crippen LogP contribution in [0.1, 0.15) is 23.6 Å². The number of carboxylic acids is 1. The van der Waals surface area contributed by atoms with Gasteiger partial charge in [0.25, 0.3) is 0 Å². The van der Waals surface area contributed by atoms with E-state index in [2.05, 4.69) is 27.9 Å². The maximum atomic E-state index is 12.6. The number of hydrogen-bond acceptors (Lipinski definition) is 3. The predicted octanol–water partition coefficient (Wildman–Crippen LogP) is 2.58. The first-order valence-corrected chi connectivity index (χ1v) is 9.62. The molecule has 0 radical (unpaired) electrons. The smallest absolute Gasteiger partial charge is 0.330 e. The van der Waals surface area contributed by atoms with Gasteiger partial charge in [-0.1, -0.05) is 42.5 Å². The van der Waals surface area contributed by atoms with E-state index in [0.717, 1.165) is 9.13 Å². The molecule has 2 aromatic rings. The zero-order chi connectivity index (χ0) is 19.4. The molecule has 1 aliphatic rings. The highest BCUT2D eigenvalue weighted by Gasteiger charge is 2.36. The van der Waals surface area contributed by atoms with Crippen LogP contribution in [0.15, 0.2) is 54.6 Å². The number of rotatable bonds is 6. The Labute approximate surface area is 170 Å². The molecule has 3 rings (SSSR count). The maximum absolute atomic E-state index is 12.6. The standard InChI is InChI=1S/C20H19IN2O4/c21-16-8-4-7-14(9-16)18(20(26)27)22-19(25)15-10-17(24)23(12-15)11-13-5-2-1-3-6-13/h1-9,15,18H,10-12H2,(H,22,25)(H,26,27). The average molecular weight is 478 g/mol. The second kappa shape index (κ2) is 8.51. The van der Waals surface area contributed by atoms with Crippen LogP contribution in [0.25, 0.3) is 0 Å². The Hall–Kier alpha value is -2.42. The van der Waals surface area contributed by atoms with Crippen LogP contribution in [0, 0.1) is 9.49 Å². The Bertz CT molecular complexity index is 856. The Kier molecular flexibility index (Phi) is 6.10. The number of nitrogens with one attached hydrogen (secondary N) is 1. The lowest BCUT2D eigenvalue weighted by atomic mass is 10.0. The van der Waals surface area contributed by atoms with Crippen molar-refractivity contribution < 1.29 is 19.5 Å². The van der Waals surface area contributed by atoms with Crippen molar-refractivity contribution in [1.29, 1.82) is 0 Å². The molecule has 2 aromatic carbocycles. The first-order valence-electron chi connectivity index (χ1n) is 8.54. The summed E-state index contributed by atoms with van der Waals surface area (Å²) in [6.45, 7) is 0.737. The minimum Gasteiger partial charge on any atom is -0.479 e. The molecule has 1 heterocycles. The van der Waals surface area contributed by atoms with E-state index in [-0.39, 0.29) is 18.9 Å². The molecule has 1 fully saturated rings. The van der Waals surface area contributed by atoms with Crippen molar-refractivity contribution in [2.45, 2.75) is 19.0 Å². The number of amides is 2. The molecular weight excluding hydrogens is 459 g/mol. The molecule has 1 aliphatic heterocycles. The van der Waals surface area contributed by atoms with E-state index < -0.39 is 23.8 Å². The van der Waals surface area contributed by atoms with E-state index in [0.29, 0.717) is 12.1 Å². The topological polar surface area (TPSA) is 86.7 Å². The van der Waals surface area contributed by atoms with E-state index >= 15 is 0 Å². The van der Waals surface area contributed by atoms with E-state index in [9.17, 15) is 19.5 Å². The normalized spacial score (nSPS) is 17.6. The summed E-state index contributed by atoms with van der Waals surface area (Å²) in [5.74, 6) is -2.19. The van der Waals surface area contributed by atoms with E-state index in [1.807, 2.05) is 36.4 Å². The third-order valence-electron chi connectivity index (χ3n) is 4.52. The van der Waals surface area contributed by atoms with Gasteiger partial charge in [-0.05, 0) is 45.9 Å². The van der Waals surface area contributed by atoms with Crippen LogP contribution in [0.5, 0.6) is 0 Å². The quantitative estimate of drug-likeness (QED) is 0.626. The lowest BCUT2D eigenvalue weighted by molar-refractivity contribution is -0.142. The van der Waals surface area contributed by atoms with Gasteiger partial charge in [0.2, 0.25) is 11.8 Å². The van der Waals surface area contributed by atoms with Gasteiger partial charge in [0.15, 0.2) is 6.04 Å². The Morgan fingerprint density at radius 3 is 2.59 bits per heavy atom. The molecule has 2 atom stereocenters. The van der Waals surface area contributed by atoms with E-state index in [4.69, 9.17) is 0 Å². The number of hydrogen-bond donors (Lipinski definition) is 2. The summed E-state index contributed by atoms with van der Waals surface area (Å²) in [6.07, 6.45) is 0.0946. The van der Waals surface area contributed by atoms with Crippen molar-refractivity contribution in [2.75, 3.05) is 6.54 Å². The monoisotopic (exact) mass is 478 g/mol. The van der Waals surface area contributed by atoms with Crippen LogP contribution < -0.4 is 5.32 Å². The fourth-order valence-corrected chi connectivity index (χ4v) is 3.71. The molecule has 6 nitrogen and oxygen atoms in total. The van der Waals surface area contributed by atoms with E-state index in [1.54, 1.807) is 23.1 Å². The van der Waals surface area contributed by atoms with Crippen molar-refractivity contribution in [2.24, 2.45) is 5.92 Å².